The van der Waals surface area contributed by atoms with Crippen molar-refractivity contribution in [1.82, 2.24) is 5.32 Å². The minimum atomic E-state index is 0.526. The van der Waals surface area contributed by atoms with Crippen LogP contribution in [0.15, 0.2) is 24.3 Å². The summed E-state index contributed by atoms with van der Waals surface area (Å²) in [6.45, 7) is 4.47. The van der Waals surface area contributed by atoms with Gasteiger partial charge in [-0.1, -0.05) is 63.3 Å². The van der Waals surface area contributed by atoms with Crippen LogP contribution in [0.4, 0.5) is 0 Å². The third-order valence-corrected chi connectivity index (χ3v) is 3.51. The highest BCUT2D eigenvalue weighted by molar-refractivity contribution is 5.28. The highest BCUT2D eigenvalue weighted by Gasteiger charge is 2.10. The Bertz CT molecular complexity index is 306. The average Bonchev–Trinajstić information content (AvgIpc) is 2.35. The molecule has 0 heterocycles. The first-order valence-electron chi connectivity index (χ1n) is 7.02. The lowest BCUT2D eigenvalue weighted by Crippen LogP contribution is -2.17. The van der Waals surface area contributed by atoms with Gasteiger partial charge in [-0.25, -0.2) is 0 Å². The normalized spacial score (nSPS) is 12.6. The van der Waals surface area contributed by atoms with Crippen LogP contribution in [-0.2, 0) is 0 Å². The molecule has 0 fully saturated rings. The first kappa shape index (κ1) is 14.2. The van der Waals surface area contributed by atoms with Gasteiger partial charge in [-0.05, 0) is 31.5 Å². The minimum absolute atomic E-state index is 0.526. The van der Waals surface area contributed by atoms with E-state index >= 15 is 0 Å². The first-order valence-corrected chi connectivity index (χ1v) is 7.02. The standard InChI is InChI=1S/C16H27N/c1-4-5-6-7-8-13-16(17-3)15-12-10-9-11-14(15)2/h9-12,16-17H,4-8,13H2,1-3H3. The van der Waals surface area contributed by atoms with E-state index in [0.29, 0.717) is 6.04 Å². The highest BCUT2D eigenvalue weighted by Crippen LogP contribution is 2.22. The highest BCUT2D eigenvalue weighted by atomic mass is 14.9. The van der Waals surface area contributed by atoms with Gasteiger partial charge in [0.25, 0.3) is 0 Å². The maximum atomic E-state index is 3.45. The summed E-state index contributed by atoms with van der Waals surface area (Å²) in [6, 6.07) is 9.24. The van der Waals surface area contributed by atoms with E-state index in [1.165, 1.54) is 49.7 Å². The van der Waals surface area contributed by atoms with Gasteiger partial charge < -0.3 is 5.32 Å². The average molecular weight is 233 g/mol. The van der Waals surface area contributed by atoms with Crippen molar-refractivity contribution in [1.29, 1.82) is 0 Å². The van der Waals surface area contributed by atoms with Crippen LogP contribution in [0, 0.1) is 6.92 Å². The van der Waals surface area contributed by atoms with Crippen molar-refractivity contribution in [2.75, 3.05) is 7.05 Å². The maximum absolute atomic E-state index is 3.45. The zero-order valence-corrected chi connectivity index (χ0v) is 11.6. The summed E-state index contributed by atoms with van der Waals surface area (Å²) in [4.78, 5) is 0. The monoisotopic (exact) mass is 233 g/mol. The van der Waals surface area contributed by atoms with Gasteiger partial charge in [-0.2, -0.15) is 0 Å². The summed E-state index contributed by atoms with van der Waals surface area (Å²) in [5.41, 5.74) is 2.87. The molecule has 0 radical (unpaired) electrons. The molecule has 0 amide bonds. The molecule has 1 aromatic carbocycles. The molecule has 0 aromatic heterocycles. The summed E-state index contributed by atoms with van der Waals surface area (Å²) in [5.74, 6) is 0. The van der Waals surface area contributed by atoms with Gasteiger partial charge in [-0.15, -0.1) is 0 Å². The van der Waals surface area contributed by atoms with E-state index < -0.39 is 0 Å². The Kier molecular flexibility index (Phi) is 6.95. The van der Waals surface area contributed by atoms with Crippen LogP contribution in [0.1, 0.15) is 62.6 Å². The zero-order chi connectivity index (χ0) is 12.5. The minimum Gasteiger partial charge on any atom is -0.313 e. The van der Waals surface area contributed by atoms with Crippen molar-refractivity contribution in [3.8, 4) is 0 Å². The number of rotatable bonds is 8. The molecule has 0 spiro atoms. The molecule has 1 heteroatoms. The van der Waals surface area contributed by atoms with Gasteiger partial charge in [0.1, 0.15) is 0 Å². The maximum Gasteiger partial charge on any atom is 0.0320 e. The predicted molar refractivity (Wildman–Crippen MR) is 76.4 cm³/mol. The van der Waals surface area contributed by atoms with Gasteiger partial charge in [0.15, 0.2) is 0 Å². The quantitative estimate of drug-likeness (QED) is 0.646. The lowest BCUT2D eigenvalue weighted by molar-refractivity contribution is 0.499. The smallest absolute Gasteiger partial charge is 0.0320 e. The SMILES string of the molecule is CCCCCCCC(NC)c1ccccc1C. The number of hydrogen-bond donors (Lipinski definition) is 1. The summed E-state index contributed by atoms with van der Waals surface area (Å²) < 4.78 is 0. The summed E-state index contributed by atoms with van der Waals surface area (Å²) in [6.07, 6.45) is 8.06. The molecule has 0 aliphatic heterocycles. The van der Waals surface area contributed by atoms with E-state index in [0.717, 1.165) is 0 Å². The zero-order valence-electron chi connectivity index (χ0n) is 11.6. The van der Waals surface area contributed by atoms with Crippen LogP contribution in [0.2, 0.25) is 0 Å². The Morgan fingerprint density at radius 1 is 1.06 bits per heavy atom. The van der Waals surface area contributed by atoms with E-state index in [-0.39, 0.29) is 0 Å². The van der Waals surface area contributed by atoms with Crippen LogP contribution in [0.3, 0.4) is 0 Å². The Morgan fingerprint density at radius 3 is 2.41 bits per heavy atom. The van der Waals surface area contributed by atoms with E-state index in [1.54, 1.807) is 0 Å². The number of unbranched alkanes of at least 4 members (excludes halogenated alkanes) is 4. The van der Waals surface area contributed by atoms with Crippen molar-refractivity contribution in [2.45, 2.75) is 58.4 Å². The Morgan fingerprint density at radius 2 is 1.76 bits per heavy atom. The molecule has 1 rings (SSSR count). The second-order valence-electron chi connectivity index (χ2n) is 4.90. The lowest BCUT2D eigenvalue weighted by atomic mass is 9.96. The topological polar surface area (TPSA) is 12.0 Å². The fraction of sp³-hybridized carbons (Fsp3) is 0.625. The van der Waals surface area contributed by atoms with Crippen molar-refractivity contribution in [2.24, 2.45) is 0 Å². The molecule has 0 aliphatic carbocycles. The van der Waals surface area contributed by atoms with E-state index in [2.05, 4.69) is 50.5 Å². The largest absolute Gasteiger partial charge is 0.313 e. The molecule has 1 atom stereocenters. The molecule has 0 aliphatic rings. The molecule has 1 N–H and O–H groups in total. The second-order valence-corrected chi connectivity index (χ2v) is 4.90. The molecule has 1 aromatic rings. The molecule has 0 saturated heterocycles. The summed E-state index contributed by atoms with van der Waals surface area (Å²) >= 11 is 0. The van der Waals surface area contributed by atoms with Gasteiger partial charge in [0.2, 0.25) is 0 Å². The number of nitrogens with one attached hydrogen (secondary N) is 1. The van der Waals surface area contributed by atoms with Crippen molar-refractivity contribution < 1.29 is 0 Å². The van der Waals surface area contributed by atoms with Gasteiger partial charge >= 0.3 is 0 Å². The third kappa shape index (κ3) is 4.91. The molecule has 17 heavy (non-hydrogen) atoms. The first-order chi connectivity index (χ1) is 8.29. The summed E-state index contributed by atoms with van der Waals surface area (Å²) in [5, 5.41) is 3.45. The van der Waals surface area contributed by atoms with Crippen molar-refractivity contribution in [3.05, 3.63) is 35.4 Å². The molecule has 0 bridgehead atoms. The lowest BCUT2D eigenvalue weighted by Gasteiger charge is -2.18. The molecule has 1 unspecified atom stereocenters. The van der Waals surface area contributed by atoms with Crippen molar-refractivity contribution >= 4 is 0 Å². The number of benzene rings is 1. The van der Waals surface area contributed by atoms with Crippen LogP contribution in [0.5, 0.6) is 0 Å². The van der Waals surface area contributed by atoms with Crippen LogP contribution < -0.4 is 5.32 Å². The molecule has 96 valence electrons. The predicted octanol–water partition coefficient (Wildman–Crippen LogP) is 4.62. The third-order valence-electron chi connectivity index (χ3n) is 3.51. The second kappa shape index (κ2) is 8.30. The van der Waals surface area contributed by atoms with Gasteiger partial charge in [0, 0.05) is 6.04 Å². The molecule has 0 saturated carbocycles. The van der Waals surface area contributed by atoms with Crippen LogP contribution >= 0.6 is 0 Å². The van der Waals surface area contributed by atoms with Crippen LogP contribution in [0.25, 0.3) is 0 Å². The van der Waals surface area contributed by atoms with Gasteiger partial charge in [-0.3, -0.25) is 0 Å². The molecular weight excluding hydrogens is 206 g/mol. The van der Waals surface area contributed by atoms with Crippen LogP contribution in [-0.4, -0.2) is 7.05 Å². The molecule has 1 nitrogen and oxygen atoms in total. The van der Waals surface area contributed by atoms with Crippen molar-refractivity contribution in [3.63, 3.8) is 0 Å². The Balaban J connectivity index is 2.41. The van der Waals surface area contributed by atoms with E-state index in [9.17, 15) is 0 Å². The van der Waals surface area contributed by atoms with E-state index in [4.69, 9.17) is 0 Å². The fourth-order valence-electron chi connectivity index (χ4n) is 2.39. The number of hydrogen-bond acceptors (Lipinski definition) is 1. The number of aryl methyl sites for hydroxylation is 1. The molecular formula is C16H27N. The Labute approximate surface area is 107 Å². The van der Waals surface area contributed by atoms with Gasteiger partial charge in [0.05, 0.1) is 0 Å². The summed E-state index contributed by atoms with van der Waals surface area (Å²) in [7, 11) is 2.07. The Hall–Kier alpha value is -0.820. The van der Waals surface area contributed by atoms with E-state index in [1.807, 2.05) is 0 Å². The fourth-order valence-corrected chi connectivity index (χ4v) is 2.39.